The fourth-order valence-electron chi connectivity index (χ4n) is 1.82. The Kier molecular flexibility index (Phi) is 12.7. The van der Waals surface area contributed by atoms with Crippen LogP contribution in [0.1, 0.15) is 53.4 Å². The molecule has 0 fully saturated rings. The summed E-state index contributed by atoms with van der Waals surface area (Å²) in [5, 5.41) is 0. The van der Waals surface area contributed by atoms with Crippen LogP contribution in [0.15, 0.2) is 0 Å². The summed E-state index contributed by atoms with van der Waals surface area (Å²) >= 11 is -1.67. The van der Waals surface area contributed by atoms with E-state index in [0.29, 0.717) is 0 Å². The van der Waals surface area contributed by atoms with Crippen molar-refractivity contribution in [1.82, 2.24) is 0 Å². The van der Waals surface area contributed by atoms with Gasteiger partial charge in [-0.2, -0.15) is 0 Å². The number of hydrogen-bond acceptors (Lipinski definition) is 0. The van der Waals surface area contributed by atoms with E-state index in [1.807, 2.05) is 0 Å². The predicted molar refractivity (Wildman–Crippen MR) is 71.9 cm³/mol. The van der Waals surface area contributed by atoms with Gasteiger partial charge in [0, 0.05) is 0 Å². The SMILES string of the molecule is CC[CH2][Bi]([CH2]CC)[Bi]([CH2]CC)[CH2]CC. The topological polar surface area (TPSA) is 0 Å². The maximum atomic E-state index is 2.41. The predicted octanol–water partition coefficient (Wildman–Crippen LogP) is 4.69. The summed E-state index contributed by atoms with van der Waals surface area (Å²) in [5.74, 6) is 0. The van der Waals surface area contributed by atoms with Crippen molar-refractivity contribution in [3.05, 3.63) is 0 Å². The van der Waals surface area contributed by atoms with Crippen LogP contribution in [0.4, 0.5) is 0 Å². The van der Waals surface area contributed by atoms with Crippen molar-refractivity contribution in [3.8, 4) is 0 Å². The molecule has 0 saturated carbocycles. The molecule has 0 radical (unpaired) electrons. The molecule has 0 bridgehead atoms. The Bertz CT molecular complexity index is 88.9. The van der Waals surface area contributed by atoms with E-state index < -0.39 is 33.9 Å². The van der Waals surface area contributed by atoms with Gasteiger partial charge in [-0.25, -0.2) is 0 Å². The molecule has 0 atom stereocenters. The normalized spacial score (nSPS) is 11.6. The van der Waals surface area contributed by atoms with Gasteiger partial charge in [-0.15, -0.1) is 0 Å². The molecule has 0 aliphatic heterocycles. The zero-order chi connectivity index (χ0) is 10.8. The van der Waals surface area contributed by atoms with Crippen LogP contribution < -0.4 is 0 Å². The molecular weight excluding hydrogens is 562 g/mol. The van der Waals surface area contributed by atoms with Crippen molar-refractivity contribution in [2.45, 2.75) is 69.9 Å². The van der Waals surface area contributed by atoms with Gasteiger partial charge < -0.3 is 0 Å². The van der Waals surface area contributed by atoms with Gasteiger partial charge in [0.05, 0.1) is 0 Å². The zero-order valence-corrected chi connectivity index (χ0v) is 17.5. The summed E-state index contributed by atoms with van der Waals surface area (Å²) < 4.78 is 7.00. The van der Waals surface area contributed by atoms with Crippen molar-refractivity contribution in [1.29, 1.82) is 0 Å². The monoisotopic (exact) mass is 590 g/mol. The van der Waals surface area contributed by atoms with Crippen molar-refractivity contribution >= 4 is 33.9 Å². The van der Waals surface area contributed by atoms with E-state index in [2.05, 4.69) is 27.7 Å². The van der Waals surface area contributed by atoms with Crippen LogP contribution in [-0.4, -0.2) is 33.9 Å². The second-order valence-corrected chi connectivity index (χ2v) is 57.3. The van der Waals surface area contributed by atoms with Gasteiger partial charge in [-0.3, -0.25) is 0 Å². The first kappa shape index (κ1) is 15.8. The minimum atomic E-state index is -0.835. The van der Waals surface area contributed by atoms with Gasteiger partial charge >= 0.3 is 104 Å². The fraction of sp³-hybridized carbons (Fsp3) is 1.00. The van der Waals surface area contributed by atoms with Crippen LogP contribution in [-0.2, 0) is 0 Å². The molecule has 0 aliphatic carbocycles. The first-order chi connectivity index (χ1) is 6.79. The fourth-order valence-corrected chi connectivity index (χ4v) is 81.9. The van der Waals surface area contributed by atoms with Crippen LogP contribution >= 0.6 is 0 Å². The molecule has 0 unspecified atom stereocenters. The summed E-state index contributed by atoms with van der Waals surface area (Å²) in [4.78, 5) is 0. The third-order valence-corrected chi connectivity index (χ3v) is 75.0. The first-order valence-corrected chi connectivity index (χ1v) is 31.3. The Balaban J connectivity index is 4.06. The molecule has 0 spiro atoms. The van der Waals surface area contributed by atoms with E-state index in [1.165, 1.54) is 25.7 Å². The van der Waals surface area contributed by atoms with Crippen molar-refractivity contribution in [2.24, 2.45) is 0 Å². The molecule has 0 rings (SSSR count). The molecule has 0 aromatic heterocycles. The molecule has 0 amide bonds. The van der Waals surface area contributed by atoms with E-state index in [4.69, 9.17) is 0 Å². The summed E-state index contributed by atoms with van der Waals surface area (Å²) in [7, 11) is 0. The Morgan fingerprint density at radius 3 is 0.857 bits per heavy atom. The van der Waals surface area contributed by atoms with E-state index >= 15 is 0 Å². The maximum absolute atomic E-state index is 2.41. The van der Waals surface area contributed by atoms with Crippen LogP contribution in [0, 0.1) is 0 Å². The van der Waals surface area contributed by atoms with Gasteiger partial charge in [0.15, 0.2) is 0 Å². The third-order valence-electron chi connectivity index (χ3n) is 2.33. The average molecular weight is 590 g/mol. The summed E-state index contributed by atoms with van der Waals surface area (Å²) in [6.07, 6.45) is 6.04. The standard InChI is InChI=1S/4C3H7.2Bi/c4*1-3-2;;/h4*1,3H2,2H3;;. The molecule has 14 heavy (non-hydrogen) atoms. The molecule has 0 aromatic rings. The van der Waals surface area contributed by atoms with Crippen LogP contribution in [0.5, 0.6) is 0 Å². The van der Waals surface area contributed by atoms with Crippen molar-refractivity contribution < 1.29 is 0 Å². The van der Waals surface area contributed by atoms with E-state index in [-0.39, 0.29) is 0 Å². The van der Waals surface area contributed by atoms with Gasteiger partial charge in [0.1, 0.15) is 0 Å². The van der Waals surface area contributed by atoms with E-state index in [1.54, 1.807) is 16.5 Å². The Hall–Kier alpha value is 1.77. The minimum absolute atomic E-state index is 0.835. The van der Waals surface area contributed by atoms with Gasteiger partial charge in [-0.05, 0) is 0 Å². The Morgan fingerprint density at radius 1 is 0.500 bits per heavy atom. The Morgan fingerprint density at radius 2 is 0.714 bits per heavy atom. The van der Waals surface area contributed by atoms with Gasteiger partial charge in [0.2, 0.25) is 0 Å². The van der Waals surface area contributed by atoms with Crippen molar-refractivity contribution in [2.75, 3.05) is 0 Å². The zero-order valence-electron chi connectivity index (χ0n) is 10.6. The van der Waals surface area contributed by atoms with Crippen molar-refractivity contribution in [3.63, 3.8) is 0 Å². The second kappa shape index (κ2) is 11.3. The molecule has 0 nitrogen and oxygen atoms in total. The van der Waals surface area contributed by atoms with Gasteiger partial charge in [-0.1, -0.05) is 0 Å². The molecule has 86 valence electrons. The first-order valence-electron chi connectivity index (χ1n) is 6.29. The van der Waals surface area contributed by atoms with Crippen LogP contribution in [0.3, 0.4) is 0 Å². The Labute approximate surface area is 103 Å². The summed E-state index contributed by atoms with van der Waals surface area (Å²) in [5.41, 5.74) is 0. The summed E-state index contributed by atoms with van der Waals surface area (Å²) in [6, 6.07) is 0. The van der Waals surface area contributed by atoms with Crippen LogP contribution in [0.25, 0.3) is 0 Å². The number of hydrogen-bond donors (Lipinski definition) is 0. The quantitative estimate of drug-likeness (QED) is 0.342. The van der Waals surface area contributed by atoms with E-state index in [0.717, 1.165) is 0 Å². The molecule has 2 heteroatoms. The molecule has 0 N–H and O–H groups in total. The number of rotatable bonds is 9. The van der Waals surface area contributed by atoms with Crippen LogP contribution in [0.2, 0.25) is 16.5 Å². The second-order valence-electron chi connectivity index (χ2n) is 3.91. The van der Waals surface area contributed by atoms with Gasteiger partial charge in [0.25, 0.3) is 0 Å². The average Bonchev–Trinajstić information content (AvgIpc) is 2.17. The third kappa shape index (κ3) is 7.11. The molecule has 0 saturated heterocycles. The van der Waals surface area contributed by atoms with E-state index in [9.17, 15) is 0 Å². The molecule has 0 aliphatic rings. The molecule has 0 heterocycles. The molecular formula is C12H28Bi2. The summed E-state index contributed by atoms with van der Waals surface area (Å²) in [6.45, 7) is 9.66. The molecule has 0 aromatic carbocycles.